The second kappa shape index (κ2) is 7.29. The first-order valence-electron chi connectivity index (χ1n) is 8.63. The van der Waals surface area contributed by atoms with Crippen LogP contribution in [0.5, 0.6) is 5.75 Å². The van der Waals surface area contributed by atoms with Crippen molar-refractivity contribution in [1.82, 2.24) is 9.55 Å². The fourth-order valence-corrected chi connectivity index (χ4v) is 5.62. The summed E-state index contributed by atoms with van der Waals surface area (Å²) in [7, 11) is 1.67. The van der Waals surface area contributed by atoms with Crippen LogP contribution in [0, 0.1) is 0 Å². The molecular weight excluding hydrogens is 364 g/mol. The van der Waals surface area contributed by atoms with Gasteiger partial charge in [0.15, 0.2) is 5.16 Å². The number of hydrogen-bond donors (Lipinski definition) is 0. The molecule has 1 aromatic carbocycles. The van der Waals surface area contributed by atoms with Crippen LogP contribution < -0.4 is 10.3 Å². The van der Waals surface area contributed by atoms with Gasteiger partial charge in [-0.2, -0.15) is 0 Å². The van der Waals surface area contributed by atoms with Crippen molar-refractivity contribution in [3.8, 4) is 5.75 Å². The van der Waals surface area contributed by atoms with Crippen molar-refractivity contribution in [2.24, 2.45) is 0 Å². The van der Waals surface area contributed by atoms with E-state index in [1.165, 1.54) is 10.4 Å². The number of hydrogen-bond acceptors (Lipinski definition) is 5. The molecule has 4 nitrogen and oxygen atoms in total. The Bertz CT molecular complexity index is 1040. The van der Waals surface area contributed by atoms with Crippen LogP contribution in [-0.2, 0) is 25.1 Å². The van der Waals surface area contributed by atoms with E-state index in [1.54, 1.807) is 40.9 Å². The summed E-state index contributed by atoms with van der Waals surface area (Å²) in [4.78, 5) is 20.2. The second-order valence-corrected chi connectivity index (χ2v) is 8.30. The molecule has 0 aliphatic heterocycles. The highest BCUT2D eigenvalue weighted by atomic mass is 32.2. The van der Waals surface area contributed by atoms with Gasteiger partial charge in [-0.1, -0.05) is 30.0 Å². The third-order valence-corrected chi connectivity index (χ3v) is 6.84. The van der Waals surface area contributed by atoms with Gasteiger partial charge < -0.3 is 4.74 Å². The molecule has 0 spiro atoms. The summed E-state index contributed by atoms with van der Waals surface area (Å²) in [5, 5.41) is 1.58. The fourth-order valence-electron chi connectivity index (χ4n) is 3.37. The Kier molecular flexibility index (Phi) is 4.87. The lowest BCUT2D eigenvalue weighted by molar-refractivity contribution is 0.414. The molecule has 0 N–H and O–H groups in total. The van der Waals surface area contributed by atoms with Gasteiger partial charge in [0, 0.05) is 17.2 Å². The molecule has 2 heterocycles. The Hall–Kier alpha value is -2.05. The zero-order valence-corrected chi connectivity index (χ0v) is 16.3. The smallest absolute Gasteiger partial charge is 0.263 e. The van der Waals surface area contributed by atoms with Crippen LogP contribution in [0.25, 0.3) is 10.2 Å². The van der Waals surface area contributed by atoms with E-state index in [9.17, 15) is 4.79 Å². The number of nitrogens with zero attached hydrogens (tertiary/aromatic N) is 2. The summed E-state index contributed by atoms with van der Waals surface area (Å²) < 4.78 is 7.04. The Balaban J connectivity index is 1.72. The second-order valence-electron chi connectivity index (χ2n) is 6.28. The molecule has 1 aliphatic rings. The quantitative estimate of drug-likeness (QED) is 0.358. The number of aryl methyl sites for hydroxylation is 2. The summed E-state index contributed by atoms with van der Waals surface area (Å²) in [6, 6.07) is 7.98. The van der Waals surface area contributed by atoms with Gasteiger partial charge in [-0.3, -0.25) is 9.36 Å². The number of thiophene rings is 1. The summed E-state index contributed by atoms with van der Waals surface area (Å²) in [6.45, 7) is 4.29. The van der Waals surface area contributed by atoms with Gasteiger partial charge >= 0.3 is 0 Å². The molecule has 0 atom stereocenters. The average molecular weight is 385 g/mol. The van der Waals surface area contributed by atoms with Gasteiger partial charge in [-0.25, -0.2) is 4.98 Å². The fraction of sp³-hybridized carbons (Fsp3) is 0.300. The molecule has 1 aliphatic carbocycles. The van der Waals surface area contributed by atoms with E-state index >= 15 is 0 Å². The first-order valence-corrected chi connectivity index (χ1v) is 10.4. The molecule has 3 aromatic rings. The third-order valence-electron chi connectivity index (χ3n) is 4.60. The average Bonchev–Trinajstić information content (AvgIpc) is 3.23. The van der Waals surface area contributed by atoms with Gasteiger partial charge in [0.25, 0.3) is 5.56 Å². The Morgan fingerprint density at radius 1 is 1.42 bits per heavy atom. The lowest BCUT2D eigenvalue weighted by Crippen LogP contribution is -2.22. The van der Waals surface area contributed by atoms with E-state index in [1.807, 2.05) is 18.2 Å². The zero-order chi connectivity index (χ0) is 18.1. The van der Waals surface area contributed by atoms with Gasteiger partial charge in [0.2, 0.25) is 0 Å². The topological polar surface area (TPSA) is 44.1 Å². The molecule has 4 rings (SSSR count). The number of rotatable bonds is 6. The molecule has 2 aromatic heterocycles. The van der Waals surface area contributed by atoms with E-state index in [0.29, 0.717) is 6.54 Å². The Labute approximate surface area is 160 Å². The van der Waals surface area contributed by atoms with E-state index in [0.717, 1.165) is 51.7 Å². The van der Waals surface area contributed by atoms with Gasteiger partial charge in [0.05, 0.1) is 12.5 Å². The monoisotopic (exact) mass is 384 g/mol. The molecule has 0 fully saturated rings. The van der Waals surface area contributed by atoms with Crippen LogP contribution in [0.1, 0.15) is 22.4 Å². The SMILES string of the molecule is C=CCn1c(SCc2cccc(OC)c2)nc2sc3c(c2c1=O)CCC3. The normalized spacial score (nSPS) is 13.1. The predicted molar refractivity (Wildman–Crippen MR) is 109 cm³/mol. The zero-order valence-electron chi connectivity index (χ0n) is 14.7. The molecule has 0 radical (unpaired) electrons. The largest absolute Gasteiger partial charge is 0.497 e. The minimum atomic E-state index is 0.0717. The summed E-state index contributed by atoms with van der Waals surface area (Å²) in [5.41, 5.74) is 2.44. The highest BCUT2D eigenvalue weighted by molar-refractivity contribution is 7.98. The lowest BCUT2D eigenvalue weighted by atomic mass is 10.2. The minimum Gasteiger partial charge on any atom is -0.497 e. The molecule has 0 amide bonds. The van der Waals surface area contributed by atoms with Crippen molar-refractivity contribution in [3.63, 3.8) is 0 Å². The molecule has 0 saturated carbocycles. The van der Waals surface area contributed by atoms with E-state index < -0.39 is 0 Å². The maximum atomic E-state index is 13.1. The highest BCUT2D eigenvalue weighted by Gasteiger charge is 2.23. The van der Waals surface area contributed by atoms with Crippen molar-refractivity contribution in [1.29, 1.82) is 0 Å². The number of fused-ring (bicyclic) bond motifs is 3. The number of methoxy groups -OCH3 is 1. The predicted octanol–water partition coefficient (Wildman–Crippen LogP) is 4.43. The Morgan fingerprint density at radius 3 is 3.12 bits per heavy atom. The maximum Gasteiger partial charge on any atom is 0.263 e. The van der Waals surface area contributed by atoms with Crippen LogP contribution in [0.2, 0.25) is 0 Å². The molecule has 6 heteroatoms. The molecule has 134 valence electrons. The van der Waals surface area contributed by atoms with Crippen LogP contribution in [0.15, 0.2) is 46.9 Å². The van der Waals surface area contributed by atoms with Crippen molar-refractivity contribution in [2.45, 2.75) is 36.7 Å². The number of aromatic nitrogens is 2. The van der Waals surface area contributed by atoms with E-state index in [4.69, 9.17) is 9.72 Å². The van der Waals surface area contributed by atoms with Gasteiger partial charge in [-0.05, 0) is 42.5 Å². The first-order chi connectivity index (χ1) is 12.7. The third kappa shape index (κ3) is 3.08. The molecule has 26 heavy (non-hydrogen) atoms. The molecule has 0 bridgehead atoms. The van der Waals surface area contributed by atoms with Crippen molar-refractivity contribution in [2.75, 3.05) is 7.11 Å². The first kappa shape index (κ1) is 17.4. The molecule has 0 saturated heterocycles. The van der Waals surface area contributed by atoms with E-state index in [2.05, 4.69) is 12.6 Å². The number of benzene rings is 1. The number of allylic oxidation sites excluding steroid dienone is 1. The van der Waals surface area contributed by atoms with Gasteiger partial charge in [-0.15, -0.1) is 17.9 Å². The lowest BCUT2D eigenvalue weighted by Gasteiger charge is -2.11. The summed E-state index contributed by atoms with van der Waals surface area (Å²) in [6.07, 6.45) is 4.97. The van der Waals surface area contributed by atoms with Crippen molar-refractivity contribution < 1.29 is 4.74 Å². The maximum absolute atomic E-state index is 13.1. The number of ether oxygens (including phenoxy) is 1. The standard InChI is InChI=1S/C20H20N2O2S2/c1-3-10-22-19(23)17-15-8-5-9-16(15)26-18(17)21-20(22)25-12-13-6-4-7-14(11-13)24-2/h3-4,6-7,11H,1,5,8-10,12H2,2H3. The van der Waals surface area contributed by atoms with Crippen LogP contribution in [-0.4, -0.2) is 16.7 Å². The highest BCUT2D eigenvalue weighted by Crippen LogP contribution is 2.36. The summed E-state index contributed by atoms with van der Waals surface area (Å²) in [5.74, 6) is 1.57. The van der Waals surface area contributed by atoms with Crippen LogP contribution in [0.4, 0.5) is 0 Å². The van der Waals surface area contributed by atoms with Crippen molar-refractivity contribution >= 4 is 33.3 Å². The van der Waals surface area contributed by atoms with Gasteiger partial charge in [0.1, 0.15) is 10.6 Å². The Morgan fingerprint density at radius 2 is 2.31 bits per heavy atom. The molecule has 0 unspecified atom stereocenters. The molecular formula is C20H20N2O2S2. The van der Waals surface area contributed by atoms with Crippen LogP contribution >= 0.6 is 23.1 Å². The number of thioether (sulfide) groups is 1. The van der Waals surface area contributed by atoms with Crippen LogP contribution in [0.3, 0.4) is 0 Å². The van der Waals surface area contributed by atoms with Crippen molar-refractivity contribution in [3.05, 3.63) is 63.3 Å². The van der Waals surface area contributed by atoms with E-state index in [-0.39, 0.29) is 5.56 Å². The summed E-state index contributed by atoms with van der Waals surface area (Å²) >= 11 is 3.27. The minimum absolute atomic E-state index is 0.0717.